The van der Waals surface area contributed by atoms with Gasteiger partial charge in [-0.1, -0.05) is 6.07 Å². The molecular weight excluding hydrogens is 318 g/mol. The maximum absolute atomic E-state index is 12.9. The van der Waals surface area contributed by atoms with Gasteiger partial charge in [-0.3, -0.25) is 14.9 Å². The first-order valence-electron chi connectivity index (χ1n) is 8.80. The smallest absolute Gasteiger partial charge is 0.227 e. The largest absolute Gasteiger partial charge is 0.380 e. The summed E-state index contributed by atoms with van der Waals surface area (Å²) in [5.74, 6) is 2.22. The number of methoxy groups -OCH3 is 1. The highest BCUT2D eigenvalue weighted by atomic mass is 16.5. The molecule has 3 heterocycles. The van der Waals surface area contributed by atoms with Crippen LogP contribution in [0, 0.1) is 6.92 Å². The van der Waals surface area contributed by atoms with Crippen LogP contribution < -0.4 is 0 Å². The van der Waals surface area contributed by atoms with Crippen LogP contribution in [0.15, 0.2) is 18.3 Å². The summed E-state index contributed by atoms with van der Waals surface area (Å²) < 4.78 is 5.51. The van der Waals surface area contributed by atoms with Gasteiger partial charge in [-0.05, 0) is 31.4 Å². The summed E-state index contributed by atoms with van der Waals surface area (Å²) in [4.78, 5) is 23.7. The van der Waals surface area contributed by atoms with Crippen LogP contribution in [-0.2, 0) is 16.0 Å². The second kappa shape index (κ2) is 6.55. The van der Waals surface area contributed by atoms with E-state index in [2.05, 4.69) is 20.2 Å². The molecule has 0 bridgehead atoms. The average Bonchev–Trinajstić information content (AvgIpc) is 3.19. The van der Waals surface area contributed by atoms with Crippen molar-refractivity contribution >= 4 is 5.91 Å². The zero-order chi connectivity index (χ0) is 17.4. The van der Waals surface area contributed by atoms with E-state index in [0.29, 0.717) is 18.9 Å². The molecule has 0 unspecified atom stereocenters. The summed E-state index contributed by atoms with van der Waals surface area (Å²) in [6.07, 6.45) is 5.19. The number of carbonyl (C=O) groups is 1. The molecule has 1 amide bonds. The molecule has 0 aromatic carbocycles. The molecule has 7 nitrogen and oxygen atoms in total. The lowest BCUT2D eigenvalue weighted by atomic mass is 10.1. The summed E-state index contributed by atoms with van der Waals surface area (Å²) in [7, 11) is 1.69. The van der Waals surface area contributed by atoms with Crippen LogP contribution in [0.5, 0.6) is 0 Å². The first-order chi connectivity index (χ1) is 12.1. The monoisotopic (exact) mass is 341 g/mol. The van der Waals surface area contributed by atoms with Crippen molar-refractivity contribution in [1.29, 1.82) is 0 Å². The van der Waals surface area contributed by atoms with Crippen LogP contribution in [0.3, 0.4) is 0 Å². The minimum atomic E-state index is -0.101. The standard InChI is InChI=1S/C18H23N5O2/c1-11-3-4-12(9-19-11)7-16(24)23-10-14(25-2)8-15(23)18-20-17(21-22-18)13-5-6-13/h3-4,9,13-15H,5-8,10H2,1-2H3,(H,20,21,22)/t14-,15+/m1/s1. The summed E-state index contributed by atoms with van der Waals surface area (Å²) in [5.41, 5.74) is 1.87. The number of aromatic amines is 1. The Balaban J connectivity index is 1.51. The molecule has 2 atom stereocenters. The van der Waals surface area contributed by atoms with E-state index in [-0.39, 0.29) is 18.1 Å². The van der Waals surface area contributed by atoms with Crippen LogP contribution in [0.2, 0.25) is 0 Å². The van der Waals surface area contributed by atoms with Crippen LogP contribution in [-0.4, -0.2) is 50.7 Å². The highest BCUT2D eigenvalue weighted by molar-refractivity contribution is 5.79. The van der Waals surface area contributed by atoms with Crippen molar-refractivity contribution in [3.05, 3.63) is 41.2 Å². The molecule has 1 N–H and O–H groups in total. The molecule has 1 saturated heterocycles. The van der Waals surface area contributed by atoms with Crippen molar-refractivity contribution in [2.24, 2.45) is 0 Å². The molecule has 0 radical (unpaired) electrons. The van der Waals surface area contributed by atoms with Crippen molar-refractivity contribution < 1.29 is 9.53 Å². The van der Waals surface area contributed by atoms with Gasteiger partial charge in [0.25, 0.3) is 0 Å². The number of nitrogens with one attached hydrogen (secondary N) is 1. The predicted octanol–water partition coefficient (Wildman–Crippen LogP) is 1.92. The molecule has 132 valence electrons. The highest BCUT2D eigenvalue weighted by Crippen LogP contribution is 2.39. The lowest BCUT2D eigenvalue weighted by molar-refractivity contribution is -0.131. The summed E-state index contributed by atoms with van der Waals surface area (Å²) in [6, 6.07) is 3.79. The average molecular weight is 341 g/mol. The quantitative estimate of drug-likeness (QED) is 0.898. The van der Waals surface area contributed by atoms with Gasteiger partial charge in [0.1, 0.15) is 5.82 Å². The first-order valence-corrected chi connectivity index (χ1v) is 8.80. The van der Waals surface area contributed by atoms with Gasteiger partial charge in [0, 0.05) is 37.9 Å². The molecule has 7 heteroatoms. The number of pyridine rings is 1. The Morgan fingerprint density at radius 1 is 1.40 bits per heavy atom. The van der Waals surface area contributed by atoms with Crippen molar-refractivity contribution in [3.63, 3.8) is 0 Å². The van der Waals surface area contributed by atoms with E-state index in [1.54, 1.807) is 13.3 Å². The van der Waals surface area contributed by atoms with Gasteiger partial charge in [0.2, 0.25) is 5.91 Å². The fraction of sp³-hybridized carbons (Fsp3) is 0.556. The number of rotatable bonds is 5. The van der Waals surface area contributed by atoms with Gasteiger partial charge in [-0.25, -0.2) is 4.98 Å². The van der Waals surface area contributed by atoms with Crippen LogP contribution >= 0.6 is 0 Å². The minimum Gasteiger partial charge on any atom is -0.380 e. The molecule has 2 aromatic rings. The molecule has 1 aliphatic carbocycles. The molecular formula is C18H23N5O2. The maximum Gasteiger partial charge on any atom is 0.227 e. The lowest BCUT2D eigenvalue weighted by Gasteiger charge is -2.22. The number of hydrogen-bond donors (Lipinski definition) is 1. The van der Waals surface area contributed by atoms with E-state index in [1.807, 2.05) is 24.0 Å². The zero-order valence-corrected chi connectivity index (χ0v) is 14.6. The van der Waals surface area contributed by atoms with Gasteiger partial charge in [-0.15, -0.1) is 0 Å². The van der Waals surface area contributed by atoms with E-state index in [9.17, 15) is 4.79 Å². The lowest BCUT2D eigenvalue weighted by Crippen LogP contribution is -2.33. The second-order valence-corrected chi connectivity index (χ2v) is 6.99. The first kappa shape index (κ1) is 16.2. The highest BCUT2D eigenvalue weighted by Gasteiger charge is 2.39. The van der Waals surface area contributed by atoms with Crippen LogP contribution in [0.4, 0.5) is 0 Å². The number of H-pyrrole nitrogens is 1. The molecule has 2 aliphatic rings. The van der Waals surface area contributed by atoms with Gasteiger partial charge in [0.05, 0.1) is 18.6 Å². The number of carbonyl (C=O) groups excluding carboxylic acids is 1. The Hall–Kier alpha value is -2.28. The summed E-state index contributed by atoms with van der Waals surface area (Å²) in [6.45, 7) is 2.52. The van der Waals surface area contributed by atoms with Gasteiger partial charge < -0.3 is 9.64 Å². The topological polar surface area (TPSA) is 84.0 Å². The number of likely N-dealkylation sites (tertiary alicyclic amines) is 1. The third-order valence-corrected chi connectivity index (χ3v) is 5.02. The third kappa shape index (κ3) is 3.42. The van der Waals surface area contributed by atoms with Gasteiger partial charge in [0.15, 0.2) is 5.82 Å². The van der Waals surface area contributed by atoms with Crippen LogP contribution in [0.1, 0.15) is 54.1 Å². The summed E-state index contributed by atoms with van der Waals surface area (Å²) >= 11 is 0. The Labute approximate surface area is 146 Å². The predicted molar refractivity (Wildman–Crippen MR) is 90.9 cm³/mol. The van der Waals surface area contributed by atoms with Gasteiger partial charge >= 0.3 is 0 Å². The SMILES string of the molecule is CO[C@@H]1C[C@@H](c2nc(C3CC3)n[nH]2)N(C(=O)Cc2ccc(C)nc2)C1. The molecule has 2 fully saturated rings. The van der Waals surface area contributed by atoms with Crippen LogP contribution in [0.25, 0.3) is 0 Å². The van der Waals surface area contributed by atoms with E-state index in [1.165, 1.54) is 0 Å². The van der Waals surface area contributed by atoms with Gasteiger partial charge in [-0.2, -0.15) is 5.10 Å². The van der Waals surface area contributed by atoms with E-state index in [0.717, 1.165) is 42.2 Å². The molecule has 1 saturated carbocycles. The molecule has 25 heavy (non-hydrogen) atoms. The maximum atomic E-state index is 12.9. The fourth-order valence-electron chi connectivity index (χ4n) is 3.34. The van der Waals surface area contributed by atoms with Crippen molar-refractivity contribution in [2.45, 2.75) is 50.7 Å². The molecule has 2 aromatic heterocycles. The van der Waals surface area contributed by atoms with Crippen molar-refractivity contribution in [3.8, 4) is 0 Å². The molecule has 0 spiro atoms. The van der Waals surface area contributed by atoms with E-state index in [4.69, 9.17) is 4.74 Å². The minimum absolute atomic E-state index is 0.0274. The number of hydrogen-bond acceptors (Lipinski definition) is 5. The Kier molecular flexibility index (Phi) is 4.25. The zero-order valence-electron chi connectivity index (χ0n) is 14.6. The van der Waals surface area contributed by atoms with Crippen molar-refractivity contribution in [2.75, 3.05) is 13.7 Å². The number of aromatic nitrogens is 4. The van der Waals surface area contributed by atoms with Crippen molar-refractivity contribution in [1.82, 2.24) is 25.1 Å². The Morgan fingerprint density at radius 3 is 2.92 bits per heavy atom. The number of ether oxygens (including phenoxy) is 1. The molecule has 1 aliphatic heterocycles. The second-order valence-electron chi connectivity index (χ2n) is 6.99. The third-order valence-electron chi connectivity index (χ3n) is 5.02. The molecule has 4 rings (SSSR count). The number of amides is 1. The van der Waals surface area contributed by atoms with E-state index < -0.39 is 0 Å². The Morgan fingerprint density at radius 2 is 2.24 bits per heavy atom. The fourth-order valence-corrected chi connectivity index (χ4v) is 3.34. The van der Waals surface area contributed by atoms with E-state index >= 15 is 0 Å². The Bertz CT molecular complexity index is 753. The number of nitrogens with zero attached hydrogens (tertiary/aromatic N) is 4. The normalized spacial score (nSPS) is 23.2. The summed E-state index contributed by atoms with van der Waals surface area (Å²) in [5, 5.41) is 7.38. The number of aryl methyl sites for hydroxylation is 1.